The van der Waals surface area contributed by atoms with Crippen LogP contribution in [0, 0.1) is 5.41 Å². The molecule has 18 heavy (non-hydrogen) atoms. The zero-order chi connectivity index (χ0) is 12.8. The van der Waals surface area contributed by atoms with Crippen LogP contribution in [0.1, 0.15) is 29.9 Å². The van der Waals surface area contributed by atoms with Crippen molar-refractivity contribution in [2.75, 3.05) is 6.54 Å². The molecule has 0 aromatic heterocycles. The number of amides is 1. The monoisotopic (exact) mass is 245 g/mol. The van der Waals surface area contributed by atoms with Gasteiger partial charge in [-0.1, -0.05) is 24.3 Å². The lowest BCUT2D eigenvalue weighted by Gasteiger charge is -2.29. The summed E-state index contributed by atoms with van der Waals surface area (Å²) >= 11 is 0. The van der Waals surface area contributed by atoms with Crippen molar-refractivity contribution in [1.29, 1.82) is 0 Å². The number of aliphatic carboxylic acids is 1. The number of rotatable bonds is 4. The highest BCUT2D eigenvalue weighted by atomic mass is 16.4. The molecular weight excluding hydrogens is 230 g/mol. The first-order valence-corrected chi connectivity index (χ1v) is 6.21. The van der Waals surface area contributed by atoms with Gasteiger partial charge in [-0.15, -0.1) is 0 Å². The predicted molar refractivity (Wildman–Crippen MR) is 65.2 cm³/mol. The first-order valence-electron chi connectivity index (χ1n) is 6.21. The van der Waals surface area contributed by atoms with Crippen LogP contribution >= 0.6 is 0 Å². The zero-order valence-corrected chi connectivity index (χ0v) is 9.98. The maximum absolute atomic E-state index is 12.0. The summed E-state index contributed by atoms with van der Waals surface area (Å²) in [4.78, 5) is 23.0. The molecule has 3 rings (SSSR count). The molecule has 1 saturated carbocycles. The molecule has 1 amide bonds. The summed E-state index contributed by atoms with van der Waals surface area (Å²) in [7, 11) is 0. The zero-order valence-electron chi connectivity index (χ0n) is 9.98. The number of hydrogen-bond donors (Lipinski definition) is 2. The third-order valence-electron chi connectivity index (χ3n) is 4.08. The second-order valence-electron chi connectivity index (χ2n) is 5.26. The molecule has 0 radical (unpaired) electrons. The fourth-order valence-electron chi connectivity index (χ4n) is 2.49. The lowest BCUT2D eigenvalue weighted by Crippen LogP contribution is -2.40. The van der Waals surface area contributed by atoms with Gasteiger partial charge < -0.3 is 10.4 Å². The van der Waals surface area contributed by atoms with E-state index in [1.165, 1.54) is 5.56 Å². The van der Waals surface area contributed by atoms with E-state index < -0.39 is 11.4 Å². The molecule has 1 atom stereocenters. The first kappa shape index (κ1) is 11.3. The van der Waals surface area contributed by atoms with Gasteiger partial charge in [0.15, 0.2) is 0 Å². The van der Waals surface area contributed by atoms with E-state index in [1.54, 1.807) is 0 Å². The summed E-state index contributed by atoms with van der Waals surface area (Å²) in [6.07, 6.45) is 2.11. The Labute approximate surface area is 105 Å². The molecule has 1 aromatic carbocycles. The van der Waals surface area contributed by atoms with E-state index in [0.29, 0.717) is 12.8 Å². The first-order chi connectivity index (χ1) is 8.62. The van der Waals surface area contributed by atoms with Crippen molar-refractivity contribution in [2.24, 2.45) is 5.41 Å². The molecular formula is C14H15NO3. The number of nitrogens with one attached hydrogen (secondary N) is 1. The Balaban J connectivity index is 1.60. The highest BCUT2D eigenvalue weighted by Gasteiger charge is 2.50. The van der Waals surface area contributed by atoms with Crippen LogP contribution in [0.4, 0.5) is 0 Å². The van der Waals surface area contributed by atoms with Gasteiger partial charge in [-0.2, -0.15) is 0 Å². The minimum Gasteiger partial charge on any atom is -0.481 e. The summed E-state index contributed by atoms with van der Waals surface area (Å²) in [5, 5.41) is 11.8. The highest BCUT2D eigenvalue weighted by molar-refractivity contribution is 5.87. The second kappa shape index (κ2) is 3.83. The maximum atomic E-state index is 12.0. The standard InChI is InChI=1S/C14H15NO3/c16-12(15-8-14(5-6-14)13(17)18)11-7-9-3-1-2-4-10(9)11/h1-4,11H,5-8H2,(H,15,16)(H,17,18). The van der Waals surface area contributed by atoms with Gasteiger partial charge in [-0.05, 0) is 30.4 Å². The van der Waals surface area contributed by atoms with Crippen molar-refractivity contribution in [2.45, 2.75) is 25.2 Å². The molecule has 2 aliphatic rings. The Morgan fingerprint density at radius 2 is 2.06 bits per heavy atom. The molecule has 0 saturated heterocycles. The van der Waals surface area contributed by atoms with Crippen molar-refractivity contribution < 1.29 is 14.7 Å². The van der Waals surface area contributed by atoms with Crippen LogP contribution in [-0.4, -0.2) is 23.5 Å². The second-order valence-corrected chi connectivity index (χ2v) is 5.26. The van der Waals surface area contributed by atoms with Crippen LogP contribution < -0.4 is 5.32 Å². The smallest absolute Gasteiger partial charge is 0.311 e. The van der Waals surface area contributed by atoms with E-state index in [9.17, 15) is 9.59 Å². The van der Waals surface area contributed by atoms with Crippen LogP contribution in [0.25, 0.3) is 0 Å². The Morgan fingerprint density at radius 1 is 1.33 bits per heavy atom. The average Bonchev–Trinajstić information content (AvgIpc) is 3.09. The molecule has 94 valence electrons. The van der Waals surface area contributed by atoms with Gasteiger partial charge >= 0.3 is 5.97 Å². The van der Waals surface area contributed by atoms with Gasteiger partial charge in [-0.3, -0.25) is 9.59 Å². The lowest BCUT2D eigenvalue weighted by atomic mass is 9.77. The summed E-state index contributed by atoms with van der Waals surface area (Å²) in [6, 6.07) is 7.89. The number of carbonyl (C=O) groups is 2. The number of carboxylic acid groups (broad SMARTS) is 1. The quantitative estimate of drug-likeness (QED) is 0.840. The molecule has 4 heteroatoms. The number of fused-ring (bicyclic) bond motifs is 1. The molecule has 0 spiro atoms. The maximum Gasteiger partial charge on any atom is 0.311 e. The van der Waals surface area contributed by atoms with E-state index in [2.05, 4.69) is 5.32 Å². The van der Waals surface area contributed by atoms with Crippen molar-refractivity contribution >= 4 is 11.9 Å². The third kappa shape index (κ3) is 1.68. The summed E-state index contributed by atoms with van der Waals surface area (Å²) in [5.41, 5.74) is 1.62. The molecule has 1 fully saturated rings. The number of hydrogen-bond acceptors (Lipinski definition) is 2. The molecule has 2 N–H and O–H groups in total. The third-order valence-corrected chi connectivity index (χ3v) is 4.08. The fourth-order valence-corrected chi connectivity index (χ4v) is 2.49. The summed E-state index contributed by atoms with van der Waals surface area (Å²) in [5.74, 6) is -0.927. The fraction of sp³-hybridized carbons (Fsp3) is 0.429. The SMILES string of the molecule is O=C(NCC1(C(=O)O)CC1)C1Cc2ccccc21. The van der Waals surface area contributed by atoms with Crippen LogP contribution in [0.2, 0.25) is 0 Å². The Morgan fingerprint density at radius 3 is 2.67 bits per heavy atom. The number of carboxylic acids is 1. The topological polar surface area (TPSA) is 66.4 Å². The molecule has 1 aromatic rings. The van der Waals surface area contributed by atoms with Crippen molar-refractivity contribution in [3.63, 3.8) is 0 Å². The molecule has 0 heterocycles. The van der Waals surface area contributed by atoms with Gasteiger partial charge in [0.25, 0.3) is 0 Å². The lowest BCUT2D eigenvalue weighted by molar-refractivity contribution is -0.143. The highest BCUT2D eigenvalue weighted by Crippen LogP contribution is 2.45. The van der Waals surface area contributed by atoms with E-state index >= 15 is 0 Å². The van der Waals surface area contributed by atoms with Gasteiger partial charge in [0.1, 0.15) is 0 Å². The molecule has 0 aliphatic heterocycles. The van der Waals surface area contributed by atoms with Crippen LogP contribution in [0.3, 0.4) is 0 Å². The predicted octanol–water partition coefficient (Wildman–Crippen LogP) is 1.31. The molecule has 4 nitrogen and oxygen atoms in total. The van der Waals surface area contributed by atoms with E-state index in [-0.39, 0.29) is 18.4 Å². The van der Waals surface area contributed by atoms with Gasteiger partial charge in [0.05, 0.1) is 11.3 Å². The molecule has 1 unspecified atom stereocenters. The summed E-state index contributed by atoms with van der Waals surface area (Å²) in [6.45, 7) is 0.264. The van der Waals surface area contributed by atoms with Crippen LogP contribution in [0.5, 0.6) is 0 Å². The van der Waals surface area contributed by atoms with E-state index in [0.717, 1.165) is 12.0 Å². The van der Waals surface area contributed by atoms with Gasteiger partial charge in [0, 0.05) is 6.54 Å². The largest absolute Gasteiger partial charge is 0.481 e. The minimum absolute atomic E-state index is 0.0405. The van der Waals surface area contributed by atoms with Gasteiger partial charge in [0.2, 0.25) is 5.91 Å². The number of carbonyl (C=O) groups excluding carboxylic acids is 1. The van der Waals surface area contributed by atoms with Crippen molar-refractivity contribution in [1.82, 2.24) is 5.32 Å². The Kier molecular flexibility index (Phi) is 2.40. The van der Waals surface area contributed by atoms with Crippen LogP contribution in [0.15, 0.2) is 24.3 Å². The molecule has 0 bridgehead atoms. The molecule has 2 aliphatic carbocycles. The Bertz CT molecular complexity index is 520. The van der Waals surface area contributed by atoms with Crippen molar-refractivity contribution in [3.8, 4) is 0 Å². The summed E-state index contributed by atoms with van der Waals surface area (Å²) < 4.78 is 0. The van der Waals surface area contributed by atoms with E-state index in [4.69, 9.17) is 5.11 Å². The number of benzene rings is 1. The minimum atomic E-state index is -0.795. The Hall–Kier alpha value is -1.84. The van der Waals surface area contributed by atoms with Crippen LogP contribution in [-0.2, 0) is 16.0 Å². The normalized spacial score (nSPS) is 22.6. The van der Waals surface area contributed by atoms with E-state index in [1.807, 2.05) is 24.3 Å². The van der Waals surface area contributed by atoms with Gasteiger partial charge in [-0.25, -0.2) is 0 Å². The average molecular weight is 245 g/mol. The van der Waals surface area contributed by atoms with Crippen molar-refractivity contribution in [3.05, 3.63) is 35.4 Å².